The van der Waals surface area contributed by atoms with Gasteiger partial charge in [-0.2, -0.15) is 0 Å². The Kier molecular flexibility index (Phi) is 6.00. The molecule has 0 fully saturated rings. The van der Waals surface area contributed by atoms with Crippen LogP contribution in [0.15, 0.2) is 176 Å². The molecule has 1 heterocycles. The average Bonchev–Trinajstić information content (AvgIpc) is 3.88. The van der Waals surface area contributed by atoms with E-state index in [9.17, 15) is 0 Å². The van der Waals surface area contributed by atoms with Gasteiger partial charge in [0.05, 0.1) is 16.4 Å². The van der Waals surface area contributed by atoms with E-state index >= 15 is 0 Å². The molecule has 0 atom stereocenters. The molecule has 10 aromatic rings. The molecule has 2 nitrogen and oxygen atoms in total. The summed E-state index contributed by atoms with van der Waals surface area (Å²) in [5.41, 5.74) is 16.1. The molecule has 1 aromatic heterocycles. The van der Waals surface area contributed by atoms with E-state index in [1.54, 1.807) is 0 Å². The Morgan fingerprint density at radius 2 is 1.00 bits per heavy atom. The smallest absolute Gasteiger partial charge is 0.114 e. The molecule has 9 aromatic carbocycles. The van der Waals surface area contributed by atoms with Crippen molar-refractivity contribution in [1.82, 2.24) is 9.55 Å². The van der Waals surface area contributed by atoms with Crippen LogP contribution in [0.2, 0.25) is 0 Å². The summed E-state index contributed by atoms with van der Waals surface area (Å²) >= 11 is 0. The monoisotopic (exact) mass is 686 g/mol. The summed E-state index contributed by atoms with van der Waals surface area (Å²) < 4.78 is 2.31. The number of aryl methyl sites for hydroxylation is 1. The number of fused-ring (bicyclic) bond motifs is 18. The number of hydrogen-bond donors (Lipinski definition) is 0. The van der Waals surface area contributed by atoms with Crippen LogP contribution in [-0.4, -0.2) is 9.55 Å². The Labute approximate surface area is 313 Å². The number of aromatic nitrogens is 2. The fourth-order valence-corrected chi connectivity index (χ4v) is 10.3. The Morgan fingerprint density at radius 3 is 1.69 bits per heavy atom. The minimum Gasteiger partial charge on any atom is -0.296 e. The second-order valence-corrected chi connectivity index (χ2v) is 14.8. The highest BCUT2D eigenvalue weighted by Crippen LogP contribution is 2.67. The molecular weight excluding hydrogens is 653 g/mol. The summed E-state index contributed by atoms with van der Waals surface area (Å²) in [7, 11) is 0. The molecule has 0 saturated heterocycles. The lowest BCUT2D eigenvalue weighted by molar-refractivity contribution is 0.809. The Morgan fingerprint density at radius 1 is 0.463 bits per heavy atom. The van der Waals surface area contributed by atoms with Crippen LogP contribution in [0.1, 0.15) is 35.0 Å². The van der Waals surface area contributed by atoms with Gasteiger partial charge in [-0.15, -0.1) is 0 Å². The van der Waals surface area contributed by atoms with E-state index in [2.05, 4.69) is 187 Å². The van der Waals surface area contributed by atoms with Crippen LogP contribution in [0.5, 0.6) is 0 Å². The van der Waals surface area contributed by atoms with E-state index in [0.29, 0.717) is 0 Å². The maximum Gasteiger partial charge on any atom is 0.114 e. The molecule has 0 radical (unpaired) electrons. The third-order valence-corrected chi connectivity index (χ3v) is 12.3. The van der Waals surface area contributed by atoms with Gasteiger partial charge in [-0.1, -0.05) is 153 Å². The van der Waals surface area contributed by atoms with Crippen molar-refractivity contribution < 1.29 is 0 Å². The highest BCUT2D eigenvalue weighted by Gasteiger charge is 2.54. The topological polar surface area (TPSA) is 17.8 Å². The maximum atomic E-state index is 4.97. The third kappa shape index (κ3) is 3.67. The van der Waals surface area contributed by atoms with E-state index in [0.717, 1.165) is 29.0 Å². The molecule has 54 heavy (non-hydrogen) atoms. The molecule has 2 aliphatic rings. The molecule has 12 rings (SSSR count). The van der Waals surface area contributed by atoms with Crippen LogP contribution in [0.3, 0.4) is 0 Å². The Bertz CT molecular complexity index is 3150. The van der Waals surface area contributed by atoms with Crippen LogP contribution >= 0.6 is 0 Å². The van der Waals surface area contributed by atoms with Gasteiger partial charge in [-0.05, 0) is 118 Å². The lowest BCUT2D eigenvalue weighted by Crippen LogP contribution is -2.26. The van der Waals surface area contributed by atoms with E-state index in [1.165, 1.54) is 88.0 Å². The average molecular weight is 687 g/mol. The van der Waals surface area contributed by atoms with Crippen molar-refractivity contribution in [3.05, 3.63) is 204 Å². The molecule has 0 amide bonds. The van der Waals surface area contributed by atoms with Gasteiger partial charge in [0.2, 0.25) is 0 Å². The van der Waals surface area contributed by atoms with Crippen molar-refractivity contribution in [1.29, 1.82) is 0 Å². The van der Waals surface area contributed by atoms with Crippen LogP contribution < -0.4 is 0 Å². The zero-order valence-electron chi connectivity index (χ0n) is 29.8. The Balaban J connectivity index is 1.21. The number of nitrogens with zero attached hydrogens (tertiary/aromatic N) is 2. The van der Waals surface area contributed by atoms with Gasteiger partial charge >= 0.3 is 0 Å². The van der Waals surface area contributed by atoms with E-state index in [4.69, 9.17) is 4.98 Å². The first kappa shape index (κ1) is 29.8. The predicted molar refractivity (Wildman–Crippen MR) is 225 cm³/mol. The van der Waals surface area contributed by atoms with Crippen molar-refractivity contribution in [3.8, 4) is 39.1 Å². The van der Waals surface area contributed by atoms with Gasteiger partial charge in [0.1, 0.15) is 5.82 Å². The quantitative estimate of drug-likeness (QED) is 0.169. The van der Waals surface area contributed by atoms with Gasteiger partial charge in [-0.3, -0.25) is 4.57 Å². The standard InChI is InChI=1S/C52H34N2/c1-2-48-53-46-25-13-14-26-47(46)54(48)33-29-27-32(28-30-33)42-31-43-49-39-20-6-3-15-34(39)35-16-4-8-22-41(35)51(49)52(50(43)40-21-7-5-17-36(40)42)44-23-11-9-18-37(44)38-19-10-12-24-45(38)52/h3-31H,2H2,1H3. The lowest BCUT2D eigenvalue weighted by Gasteiger charge is -2.33. The zero-order chi connectivity index (χ0) is 35.5. The number of para-hydroxylation sites is 2. The van der Waals surface area contributed by atoms with Gasteiger partial charge < -0.3 is 0 Å². The van der Waals surface area contributed by atoms with Crippen molar-refractivity contribution in [2.75, 3.05) is 0 Å². The first-order valence-electron chi connectivity index (χ1n) is 19.0. The number of hydrogen-bond acceptors (Lipinski definition) is 1. The maximum absolute atomic E-state index is 4.97. The molecule has 2 heteroatoms. The summed E-state index contributed by atoms with van der Waals surface area (Å²) in [6.07, 6.45) is 0.863. The van der Waals surface area contributed by atoms with Crippen molar-refractivity contribution in [3.63, 3.8) is 0 Å². The molecule has 0 saturated carbocycles. The summed E-state index contributed by atoms with van der Waals surface area (Å²) in [4.78, 5) is 4.97. The zero-order valence-corrected chi connectivity index (χ0v) is 29.8. The largest absolute Gasteiger partial charge is 0.296 e. The second-order valence-electron chi connectivity index (χ2n) is 14.8. The van der Waals surface area contributed by atoms with Crippen molar-refractivity contribution in [2.24, 2.45) is 0 Å². The molecule has 0 aliphatic heterocycles. The predicted octanol–water partition coefficient (Wildman–Crippen LogP) is 13.1. The van der Waals surface area contributed by atoms with E-state index in [1.807, 2.05) is 0 Å². The van der Waals surface area contributed by atoms with Crippen molar-refractivity contribution >= 4 is 43.4 Å². The van der Waals surface area contributed by atoms with Gasteiger partial charge in [0.25, 0.3) is 0 Å². The second kappa shape index (κ2) is 10.9. The molecule has 0 bridgehead atoms. The fraction of sp³-hybridized carbons (Fsp3) is 0.0577. The van der Waals surface area contributed by atoms with Crippen molar-refractivity contribution in [2.45, 2.75) is 18.8 Å². The van der Waals surface area contributed by atoms with Crippen LogP contribution in [-0.2, 0) is 11.8 Å². The van der Waals surface area contributed by atoms with Gasteiger partial charge in [0, 0.05) is 12.1 Å². The lowest BCUT2D eigenvalue weighted by atomic mass is 9.68. The molecule has 1 spiro atoms. The highest BCUT2D eigenvalue weighted by atomic mass is 15.1. The molecule has 2 aliphatic carbocycles. The summed E-state index contributed by atoms with van der Waals surface area (Å²) in [6.45, 7) is 2.18. The molecular formula is C52H34N2. The first-order chi connectivity index (χ1) is 26.8. The van der Waals surface area contributed by atoms with Gasteiger partial charge in [-0.25, -0.2) is 4.98 Å². The fourth-order valence-electron chi connectivity index (χ4n) is 10.3. The van der Waals surface area contributed by atoms with Crippen LogP contribution in [0, 0.1) is 0 Å². The molecule has 252 valence electrons. The molecule has 0 N–H and O–H groups in total. The van der Waals surface area contributed by atoms with Crippen LogP contribution in [0.25, 0.3) is 82.4 Å². The van der Waals surface area contributed by atoms with E-state index < -0.39 is 5.41 Å². The summed E-state index contributed by atoms with van der Waals surface area (Å²) in [5.74, 6) is 1.07. The summed E-state index contributed by atoms with van der Waals surface area (Å²) in [6, 6.07) is 65.7. The normalized spacial score (nSPS) is 13.5. The minimum absolute atomic E-state index is 0.484. The van der Waals surface area contributed by atoms with E-state index in [-0.39, 0.29) is 0 Å². The number of imidazole rings is 1. The minimum atomic E-state index is -0.484. The number of rotatable bonds is 3. The van der Waals surface area contributed by atoms with Crippen LogP contribution in [0.4, 0.5) is 0 Å². The third-order valence-electron chi connectivity index (χ3n) is 12.3. The highest BCUT2D eigenvalue weighted by molar-refractivity contribution is 6.22. The SMILES string of the molecule is CCc1nc2ccccc2n1-c1ccc(-c2cc3c(c4ccccc24)C2(c4ccccc4-c4ccccc42)c2c-3c3ccccc3c3ccccc23)cc1. The Hall–Kier alpha value is -6.77. The molecule has 0 unspecified atom stereocenters. The number of benzene rings is 9. The summed E-state index contributed by atoms with van der Waals surface area (Å²) in [5, 5.41) is 7.81. The first-order valence-corrected chi connectivity index (χ1v) is 19.0. The van der Waals surface area contributed by atoms with Gasteiger partial charge in [0.15, 0.2) is 0 Å².